The van der Waals surface area contributed by atoms with Crippen molar-refractivity contribution in [2.75, 3.05) is 13.1 Å². The van der Waals surface area contributed by atoms with Gasteiger partial charge in [0.2, 0.25) is 18.4 Å². The lowest BCUT2D eigenvalue weighted by molar-refractivity contribution is -0.142. The highest BCUT2D eigenvalue weighted by Crippen LogP contribution is 2.25. The molecule has 2 aromatic carbocycles. The Hall–Kier alpha value is -3.48. The second-order valence-electron chi connectivity index (χ2n) is 6.90. The van der Waals surface area contributed by atoms with Gasteiger partial charge in [-0.25, -0.2) is 4.79 Å². The molecule has 0 saturated carbocycles. The number of amides is 1. The molecule has 3 aromatic rings. The van der Waals surface area contributed by atoms with E-state index in [0.717, 1.165) is 19.3 Å². The van der Waals surface area contributed by atoms with Crippen molar-refractivity contribution in [2.24, 2.45) is 0 Å². The molecule has 1 aromatic heterocycles. The van der Waals surface area contributed by atoms with Gasteiger partial charge in [-0.15, -0.1) is 10.2 Å². The average molecular weight is 391 g/mol. The van der Waals surface area contributed by atoms with Crippen molar-refractivity contribution < 1.29 is 18.7 Å². The van der Waals surface area contributed by atoms with Crippen molar-refractivity contribution in [2.45, 2.75) is 25.4 Å². The van der Waals surface area contributed by atoms with Crippen LogP contribution in [0.15, 0.2) is 65.4 Å². The fraction of sp³-hybridized carbons (Fsp3) is 0.273. The molecule has 0 bridgehead atoms. The molecule has 2 heterocycles. The van der Waals surface area contributed by atoms with Crippen LogP contribution < -0.4 is 0 Å². The van der Waals surface area contributed by atoms with E-state index < -0.39 is 12.1 Å². The lowest BCUT2D eigenvalue weighted by Gasteiger charge is -2.30. The number of nitrogens with zero attached hydrogens (tertiary/aromatic N) is 3. The fourth-order valence-electron chi connectivity index (χ4n) is 3.39. The first-order valence-corrected chi connectivity index (χ1v) is 9.64. The minimum atomic E-state index is -0.961. The molecule has 148 valence electrons. The first kappa shape index (κ1) is 18.9. The summed E-state index contributed by atoms with van der Waals surface area (Å²) in [6.45, 7) is 1.39. The summed E-state index contributed by atoms with van der Waals surface area (Å²) in [6, 6.07) is 15.8. The Bertz CT molecular complexity index is 949. The van der Waals surface area contributed by atoms with Crippen LogP contribution >= 0.6 is 0 Å². The van der Waals surface area contributed by atoms with Crippen LogP contribution in [0.3, 0.4) is 0 Å². The standard InChI is InChI=1S/C22H21N3O4/c26-21(25-13-5-2-6-14-25)19(16-7-3-1-4-8-16)29-22(27)18-11-9-17(10-12-18)20-24-23-15-28-20/h1,3-4,7-12,15,19H,2,5-6,13-14H2/t19-/m1/s1. The number of ether oxygens (including phenoxy) is 1. The predicted molar refractivity (Wildman–Crippen MR) is 105 cm³/mol. The van der Waals surface area contributed by atoms with Gasteiger partial charge in [-0.05, 0) is 43.5 Å². The monoisotopic (exact) mass is 391 g/mol. The van der Waals surface area contributed by atoms with E-state index in [4.69, 9.17) is 9.15 Å². The lowest BCUT2D eigenvalue weighted by Crippen LogP contribution is -2.40. The van der Waals surface area contributed by atoms with Crippen molar-refractivity contribution >= 4 is 11.9 Å². The van der Waals surface area contributed by atoms with Crippen LogP contribution in [0.1, 0.15) is 41.3 Å². The lowest BCUT2D eigenvalue weighted by atomic mass is 10.1. The maximum Gasteiger partial charge on any atom is 0.339 e. The maximum atomic E-state index is 13.1. The third-order valence-corrected chi connectivity index (χ3v) is 4.95. The predicted octanol–water partition coefficient (Wildman–Crippen LogP) is 3.65. The van der Waals surface area contributed by atoms with Gasteiger partial charge in [0.15, 0.2) is 0 Å². The van der Waals surface area contributed by atoms with Crippen LogP contribution in [0.5, 0.6) is 0 Å². The molecule has 4 rings (SSSR count). The normalized spacial score (nSPS) is 15.0. The summed E-state index contributed by atoms with van der Waals surface area (Å²) in [7, 11) is 0. The number of rotatable bonds is 5. The SMILES string of the molecule is O=C(O[C@@H](C(=O)N1CCCCC1)c1ccccc1)c1ccc(-c2nnco2)cc1. The number of carbonyl (C=O) groups excluding carboxylic acids is 2. The van der Waals surface area contributed by atoms with Gasteiger partial charge in [-0.2, -0.15) is 0 Å². The maximum absolute atomic E-state index is 13.1. The summed E-state index contributed by atoms with van der Waals surface area (Å²) in [5.41, 5.74) is 1.71. The van der Waals surface area contributed by atoms with Crippen LogP contribution in [0, 0.1) is 0 Å². The molecule has 0 spiro atoms. The Morgan fingerprint density at radius 2 is 1.69 bits per heavy atom. The van der Waals surface area contributed by atoms with Gasteiger partial charge < -0.3 is 14.1 Å². The zero-order chi connectivity index (χ0) is 20.1. The average Bonchev–Trinajstić information content (AvgIpc) is 3.33. The molecule has 0 aliphatic carbocycles. The van der Waals surface area contributed by atoms with E-state index in [1.54, 1.807) is 41.3 Å². The Morgan fingerprint density at radius 3 is 2.34 bits per heavy atom. The third-order valence-electron chi connectivity index (χ3n) is 4.95. The van der Waals surface area contributed by atoms with Gasteiger partial charge in [-0.3, -0.25) is 4.79 Å². The number of hydrogen-bond donors (Lipinski definition) is 0. The summed E-state index contributed by atoms with van der Waals surface area (Å²) >= 11 is 0. The number of esters is 1. The second-order valence-corrected chi connectivity index (χ2v) is 6.90. The topological polar surface area (TPSA) is 85.5 Å². The van der Waals surface area contributed by atoms with Gasteiger partial charge in [0, 0.05) is 24.2 Å². The van der Waals surface area contributed by atoms with Crippen molar-refractivity contribution in [3.63, 3.8) is 0 Å². The number of likely N-dealkylation sites (tertiary alicyclic amines) is 1. The molecule has 1 saturated heterocycles. The smallest absolute Gasteiger partial charge is 0.339 e. The summed E-state index contributed by atoms with van der Waals surface area (Å²) in [4.78, 5) is 27.7. The van der Waals surface area contributed by atoms with Crippen LogP contribution in [0.4, 0.5) is 0 Å². The van der Waals surface area contributed by atoms with Gasteiger partial charge in [0.1, 0.15) is 0 Å². The molecular weight excluding hydrogens is 370 g/mol. The summed E-state index contributed by atoms with van der Waals surface area (Å²) in [6.07, 6.45) is 3.34. The highest BCUT2D eigenvalue weighted by Gasteiger charge is 2.30. The van der Waals surface area contributed by atoms with Crippen molar-refractivity contribution in [1.82, 2.24) is 15.1 Å². The zero-order valence-electron chi connectivity index (χ0n) is 15.9. The van der Waals surface area contributed by atoms with E-state index in [1.165, 1.54) is 6.39 Å². The first-order valence-electron chi connectivity index (χ1n) is 9.64. The fourth-order valence-corrected chi connectivity index (χ4v) is 3.39. The van der Waals surface area contributed by atoms with E-state index in [-0.39, 0.29) is 5.91 Å². The number of hydrogen-bond acceptors (Lipinski definition) is 6. The number of piperidine rings is 1. The molecule has 7 nitrogen and oxygen atoms in total. The van der Waals surface area contributed by atoms with Gasteiger partial charge in [0.05, 0.1) is 5.56 Å². The van der Waals surface area contributed by atoms with Crippen LogP contribution in [-0.2, 0) is 9.53 Å². The molecule has 1 fully saturated rings. The van der Waals surface area contributed by atoms with Crippen molar-refractivity contribution in [1.29, 1.82) is 0 Å². The van der Waals surface area contributed by atoms with E-state index in [1.807, 2.05) is 18.2 Å². The van der Waals surface area contributed by atoms with Crippen LogP contribution in [0.2, 0.25) is 0 Å². The Kier molecular flexibility index (Phi) is 5.65. The number of carbonyl (C=O) groups is 2. The largest absolute Gasteiger partial charge is 0.444 e. The van der Waals surface area contributed by atoms with E-state index in [2.05, 4.69) is 10.2 Å². The van der Waals surface area contributed by atoms with Crippen LogP contribution in [-0.4, -0.2) is 40.1 Å². The van der Waals surface area contributed by atoms with E-state index in [0.29, 0.717) is 35.7 Å². The molecule has 7 heteroatoms. The van der Waals surface area contributed by atoms with Crippen molar-refractivity contribution in [3.05, 3.63) is 72.1 Å². The molecule has 1 aliphatic heterocycles. The Morgan fingerprint density at radius 1 is 0.966 bits per heavy atom. The molecule has 0 N–H and O–H groups in total. The van der Waals surface area contributed by atoms with Gasteiger partial charge in [-0.1, -0.05) is 30.3 Å². The molecular formula is C22H21N3O4. The van der Waals surface area contributed by atoms with E-state index >= 15 is 0 Å². The second kappa shape index (κ2) is 8.68. The third kappa shape index (κ3) is 4.34. The molecule has 0 radical (unpaired) electrons. The molecule has 1 aliphatic rings. The molecule has 0 unspecified atom stereocenters. The van der Waals surface area contributed by atoms with Crippen molar-refractivity contribution in [3.8, 4) is 11.5 Å². The van der Waals surface area contributed by atoms with Gasteiger partial charge in [0.25, 0.3) is 5.91 Å². The molecule has 29 heavy (non-hydrogen) atoms. The summed E-state index contributed by atoms with van der Waals surface area (Å²) in [5, 5.41) is 7.48. The quantitative estimate of drug-likeness (QED) is 0.617. The summed E-state index contributed by atoms with van der Waals surface area (Å²) in [5.74, 6) is -0.361. The highest BCUT2D eigenvalue weighted by molar-refractivity contribution is 5.93. The summed E-state index contributed by atoms with van der Waals surface area (Å²) < 4.78 is 10.8. The highest BCUT2D eigenvalue weighted by atomic mass is 16.5. The van der Waals surface area contributed by atoms with Gasteiger partial charge >= 0.3 is 5.97 Å². The molecule has 1 amide bonds. The number of benzene rings is 2. The van der Waals surface area contributed by atoms with Crippen LogP contribution in [0.25, 0.3) is 11.5 Å². The minimum absolute atomic E-state index is 0.174. The Labute approximate surface area is 168 Å². The first-order chi connectivity index (χ1) is 14.2. The zero-order valence-corrected chi connectivity index (χ0v) is 15.9. The minimum Gasteiger partial charge on any atom is -0.444 e. The number of aromatic nitrogens is 2. The Balaban J connectivity index is 1.53. The molecule has 1 atom stereocenters. The van der Waals surface area contributed by atoms with E-state index in [9.17, 15) is 9.59 Å².